The van der Waals surface area contributed by atoms with Crippen molar-refractivity contribution in [3.05, 3.63) is 40.4 Å². The maximum atomic E-state index is 13.1. The zero-order chi connectivity index (χ0) is 27.3. The number of anilines is 2. The zero-order valence-electron chi connectivity index (χ0n) is 22.9. The molecule has 0 bridgehead atoms. The quantitative estimate of drug-likeness (QED) is 0.469. The fourth-order valence-electron chi connectivity index (χ4n) is 5.75. The number of amides is 1. The number of hydrogen-bond donors (Lipinski definition) is 2. The van der Waals surface area contributed by atoms with Crippen LogP contribution >= 0.6 is 0 Å². The first-order valence-electron chi connectivity index (χ1n) is 13.5. The lowest BCUT2D eigenvalue weighted by atomic mass is 10.1. The van der Waals surface area contributed by atoms with Crippen molar-refractivity contribution in [2.24, 2.45) is 7.05 Å². The van der Waals surface area contributed by atoms with Gasteiger partial charge in [-0.05, 0) is 33.6 Å². The van der Waals surface area contributed by atoms with Crippen molar-refractivity contribution < 1.29 is 13.7 Å². The van der Waals surface area contributed by atoms with Gasteiger partial charge in [-0.2, -0.15) is 10.1 Å². The Morgan fingerprint density at radius 2 is 1.97 bits per heavy atom. The second-order valence-electron chi connectivity index (χ2n) is 10.5. The number of imidazole rings is 1. The molecule has 6 rings (SSSR count). The van der Waals surface area contributed by atoms with E-state index in [0.29, 0.717) is 62.5 Å². The highest BCUT2D eigenvalue weighted by atomic mass is 32.2. The Morgan fingerprint density at radius 1 is 1.18 bits per heavy atom. The fourth-order valence-corrected chi connectivity index (χ4v) is 7.06. The molecule has 39 heavy (non-hydrogen) atoms. The zero-order valence-corrected chi connectivity index (χ0v) is 23.7. The molecule has 6 heterocycles. The molecule has 12 nitrogen and oxygen atoms in total. The normalized spacial score (nSPS) is 20.0. The van der Waals surface area contributed by atoms with Crippen molar-refractivity contribution in [2.45, 2.75) is 70.1 Å². The molecule has 208 valence electrons. The monoisotopic (exact) mass is 553 g/mol. The molecular formula is C26H35N9O3S. The Labute approximate surface area is 230 Å². The van der Waals surface area contributed by atoms with Crippen LogP contribution in [0.25, 0.3) is 0 Å². The second-order valence-corrected chi connectivity index (χ2v) is 12.0. The Balaban J connectivity index is 1.20. The molecule has 1 amide bonds. The number of ether oxygens (including phenoxy) is 1. The van der Waals surface area contributed by atoms with Crippen LogP contribution in [-0.4, -0.2) is 71.0 Å². The third kappa shape index (κ3) is 4.93. The molecule has 0 radical (unpaired) electrons. The van der Waals surface area contributed by atoms with Gasteiger partial charge in [0.15, 0.2) is 0 Å². The van der Waals surface area contributed by atoms with E-state index < -0.39 is 10.8 Å². The SMILES string of the molecule is Cc1nn(C)c(C)c1C(C)NC(=O)c1cn2c(n1)CN(c1nc3c(c(NC4CCOCC4)n1)S(=O)CC3)CC2. The first-order chi connectivity index (χ1) is 18.8. The minimum Gasteiger partial charge on any atom is -0.381 e. The van der Waals surface area contributed by atoms with Crippen LogP contribution in [0.15, 0.2) is 11.1 Å². The summed E-state index contributed by atoms with van der Waals surface area (Å²) < 4.78 is 22.1. The lowest BCUT2D eigenvalue weighted by Crippen LogP contribution is -2.35. The highest BCUT2D eigenvalue weighted by molar-refractivity contribution is 7.85. The van der Waals surface area contributed by atoms with Gasteiger partial charge in [0.25, 0.3) is 5.91 Å². The van der Waals surface area contributed by atoms with Crippen LogP contribution in [0.4, 0.5) is 11.8 Å². The molecule has 0 aromatic carbocycles. The first-order valence-corrected chi connectivity index (χ1v) is 14.9. The van der Waals surface area contributed by atoms with Crippen LogP contribution in [-0.2, 0) is 42.1 Å². The minimum atomic E-state index is -1.09. The molecule has 2 atom stereocenters. The Kier molecular flexibility index (Phi) is 6.88. The van der Waals surface area contributed by atoms with E-state index in [1.54, 1.807) is 0 Å². The highest BCUT2D eigenvalue weighted by Gasteiger charge is 2.30. The number of aromatic nitrogens is 6. The van der Waals surface area contributed by atoms with Gasteiger partial charge in [0.05, 0.1) is 34.8 Å². The van der Waals surface area contributed by atoms with E-state index in [1.165, 1.54) is 0 Å². The summed E-state index contributed by atoms with van der Waals surface area (Å²) in [5.74, 6) is 2.45. The first kappa shape index (κ1) is 25.9. The molecule has 0 spiro atoms. The molecule has 1 fully saturated rings. The van der Waals surface area contributed by atoms with Crippen molar-refractivity contribution in [3.8, 4) is 0 Å². The molecule has 1 saturated heterocycles. The van der Waals surface area contributed by atoms with E-state index in [1.807, 2.05) is 43.3 Å². The summed E-state index contributed by atoms with van der Waals surface area (Å²) in [4.78, 5) is 30.3. The maximum absolute atomic E-state index is 13.1. The van der Waals surface area contributed by atoms with Crippen LogP contribution in [0.1, 0.15) is 64.8 Å². The summed E-state index contributed by atoms with van der Waals surface area (Å²) in [7, 11) is 0.817. The van der Waals surface area contributed by atoms with Gasteiger partial charge in [0.1, 0.15) is 22.2 Å². The van der Waals surface area contributed by atoms with E-state index in [2.05, 4.69) is 25.6 Å². The lowest BCUT2D eigenvalue weighted by molar-refractivity contribution is 0.0903. The standard InChI is InChI=1S/C26H35N9O3S/c1-15(22-16(2)32-33(4)17(22)3)27-25(36)20-13-34-8-9-35(14-21(34)29-20)26-30-19-7-12-39(37)23(19)24(31-26)28-18-5-10-38-11-6-18/h13,15,18H,5-12,14H2,1-4H3,(H,27,36)(H,28,30,31). The summed E-state index contributed by atoms with van der Waals surface area (Å²) in [6.07, 6.45) is 4.29. The number of rotatable bonds is 6. The summed E-state index contributed by atoms with van der Waals surface area (Å²) in [6.45, 7) is 9.20. The van der Waals surface area contributed by atoms with Crippen molar-refractivity contribution in [1.29, 1.82) is 0 Å². The lowest BCUT2D eigenvalue weighted by Gasteiger charge is -2.29. The molecular weight excluding hydrogens is 518 g/mol. The molecule has 3 aromatic rings. The predicted molar refractivity (Wildman–Crippen MR) is 146 cm³/mol. The van der Waals surface area contributed by atoms with Crippen LogP contribution in [0.2, 0.25) is 0 Å². The fraction of sp³-hybridized carbons (Fsp3) is 0.577. The van der Waals surface area contributed by atoms with Gasteiger partial charge in [-0.25, -0.2) is 9.97 Å². The molecule has 13 heteroatoms. The third-order valence-corrected chi connectivity index (χ3v) is 9.36. The number of carbonyl (C=O) groups is 1. The van der Waals surface area contributed by atoms with E-state index in [-0.39, 0.29) is 18.0 Å². The Morgan fingerprint density at radius 3 is 2.72 bits per heavy atom. The van der Waals surface area contributed by atoms with Gasteiger partial charge in [0.2, 0.25) is 5.95 Å². The number of carbonyl (C=O) groups excluding carboxylic acids is 1. The minimum absolute atomic E-state index is 0.187. The van der Waals surface area contributed by atoms with Gasteiger partial charge in [0, 0.05) is 69.0 Å². The summed E-state index contributed by atoms with van der Waals surface area (Å²) in [6, 6.07) is 0.0552. The maximum Gasteiger partial charge on any atom is 0.271 e. The van der Waals surface area contributed by atoms with Gasteiger partial charge >= 0.3 is 0 Å². The van der Waals surface area contributed by atoms with Crippen LogP contribution in [0.3, 0.4) is 0 Å². The Bertz CT molecular complexity index is 1440. The van der Waals surface area contributed by atoms with Gasteiger partial charge in [-0.15, -0.1) is 0 Å². The van der Waals surface area contributed by atoms with E-state index >= 15 is 0 Å². The molecule has 2 N–H and O–H groups in total. The molecule has 3 aliphatic rings. The van der Waals surface area contributed by atoms with Crippen molar-refractivity contribution in [2.75, 3.05) is 35.7 Å². The third-order valence-electron chi connectivity index (χ3n) is 7.90. The van der Waals surface area contributed by atoms with Crippen molar-refractivity contribution in [3.63, 3.8) is 0 Å². The second kappa shape index (κ2) is 10.3. The van der Waals surface area contributed by atoms with Crippen LogP contribution < -0.4 is 15.5 Å². The average molecular weight is 554 g/mol. The Hall–Kier alpha value is -3.32. The largest absolute Gasteiger partial charge is 0.381 e. The molecule has 0 saturated carbocycles. The van der Waals surface area contributed by atoms with Crippen LogP contribution in [0.5, 0.6) is 0 Å². The van der Waals surface area contributed by atoms with Gasteiger partial charge in [-0.1, -0.05) is 0 Å². The summed E-state index contributed by atoms with van der Waals surface area (Å²) in [5, 5.41) is 11.1. The molecule has 0 aliphatic carbocycles. The summed E-state index contributed by atoms with van der Waals surface area (Å²) in [5.41, 5.74) is 4.22. The number of nitrogens with zero attached hydrogens (tertiary/aromatic N) is 7. The number of nitrogens with one attached hydrogen (secondary N) is 2. The predicted octanol–water partition coefficient (Wildman–Crippen LogP) is 1.79. The van der Waals surface area contributed by atoms with Crippen LogP contribution in [0, 0.1) is 13.8 Å². The number of fused-ring (bicyclic) bond motifs is 2. The number of aryl methyl sites for hydroxylation is 3. The highest BCUT2D eigenvalue weighted by Crippen LogP contribution is 2.32. The van der Waals surface area contributed by atoms with E-state index in [9.17, 15) is 9.00 Å². The average Bonchev–Trinajstić information content (AvgIpc) is 3.59. The van der Waals surface area contributed by atoms with E-state index in [4.69, 9.17) is 14.7 Å². The van der Waals surface area contributed by atoms with Crippen molar-refractivity contribution in [1.82, 2.24) is 34.6 Å². The van der Waals surface area contributed by atoms with Crippen molar-refractivity contribution >= 4 is 28.5 Å². The smallest absolute Gasteiger partial charge is 0.271 e. The topological polar surface area (TPSA) is 132 Å². The van der Waals surface area contributed by atoms with E-state index in [0.717, 1.165) is 46.2 Å². The van der Waals surface area contributed by atoms with Gasteiger partial charge < -0.3 is 24.8 Å². The molecule has 2 unspecified atom stereocenters. The molecule has 3 aliphatic heterocycles. The summed E-state index contributed by atoms with van der Waals surface area (Å²) >= 11 is 0. The molecule has 3 aromatic heterocycles. The van der Waals surface area contributed by atoms with Gasteiger partial charge in [-0.3, -0.25) is 13.7 Å². The number of hydrogen-bond acceptors (Lipinski definition) is 9.